The Bertz CT molecular complexity index is 534. The van der Waals surface area contributed by atoms with Crippen LogP contribution in [0, 0.1) is 0 Å². The van der Waals surface area contributed by atoms with Gasteiger partial charge in [-0.1, -0.05) is 4.90 Å². The van der Waals surface area contributed by atoms with Crippen molar-refractivity contribution in [3.8, 4) is 0 Å². The minimum absolute atomic E-state index is 0.0964. The SMILES string of the molecule is C[N+](C)(C)CCCNC(=O)C(F)(C(F)(F)F)C(F)(F)N(C(F)(F)F)C(F)(F)F. The molecule has 0 aliphatic carbocycles. The molecule has 0 fully saturated rings. The maximum Gasteiger partial charge on any atom is 0.472 e. The summed E-state index contributed by atoms with van der Waals surface area (Å²) in [5, 5.41) is 0.981. The summed E-state index contributed by atoms with van der Waals surface area (Å²) in [7, 11) is 4.70. The Morgan fingerprint density at radius 2 is 1.21 bits per heavy atom. The predicted octanol–water partition coefficient (Wildman–Crippen LogP) is 3.40. The number of hydrogen-bond donors (Lipinski definition) is 1. The number of alkyl halides is 12. The minimum Gasteiger partial charge on any atom is -0.353 e. The first-order valence-corrected chi connectivity index (χ1v) is 7.15. The molecule has 0 aliphatic rings. The second kappa shape index (κ2) is 7.76. The smallest absolute Gasteiger partial charge is 0.353 e. The van der Waals surface area contributed by atoms with Crippen molar-refractivity contribution in [2.24, 2.45) is 0 Å². The van der Waals surface area contributed by atoms with E-state index in [1.54, 1.807) is 21.1 Å². The van der Waals surface area contributed by atoms with Crippen LogP contribution in [0.15, 0.2) is 0 Å². The maximum absolute atomic E-state index is 14.1. The summed E-state index contributed by atoms with van der Waals surface area (Å²) in [5.41, 5.74) is -6.85. The van der Waals surface area contributed by atoms with Crippen LogP contribution >= 0.6 is 0 Å². The second-order valence-corrected chi connectivity index (χ2v) is 6.59. The number of carbonyl (C=O) groups is 1. The molecule has 1 amide bonds. The van der Waals surface area contributed by atoms with Gasteiger partial charge in [0.15, 0.2) is 0 Å². The van der Waals surface area contributed by atoms with E-state index in [0.717, 1.165) is 5.32 Å². The van der Waals surface area contributed by atoms with Crippen LogP contribution in [-0.2, 0) is 4.79 Å². The molecule has 0 rings (SSSR count). The Labute approximate surface area is 150 Å². The van der Waals surface area contributed by atoms with Crippen molar-refractivity contribution in [2.45, 2.75) is 36.9 Å². The van der Waals surface area contributed by atoms with Crippen LogP contribution in [-0.4, -0.2) is 80.0 Å². The molecule has 0 heterocycles. The highest BCUT2D eigenvalue weighted by molar-refractivity contribution is 5.87. The number of hydrogen-bond acceptors (Lipinski definition) is 2. The van der Waals surface area contributed by atoms with E-state index >= 15 is 0 Å². The lowest BCUT2D eigenvalue weighted by Crippen LogP contribution is -2.74. The van der Waals surface area contributed by atoms with Crippen LogP contribution in [0.1, 0.15) is 6.42 Å². The average molecular weight is 446 g/mol. The van der Waals surface area contributed by atoms with E-state index in [1.165, 1.54) is 0 Å². The Balaban J connectivity index is 6.02. The molecule has 0 aromatic rings. The molecule has 0 saturated carbocycles. The Morgan fingerprint density at radius 3 is 1.50 bits per heavy atom. The average Bonchev–Trinajstić information content (AvgIpc) is 2.35. The van der Waals surface area contributed by atoms with Crippen molar-refractivity contribution in [3.05, 3.63) is 0 Å². The summed E-state index contributed by atoms with van der Waals surface area (Å²) in [5.74, 6) is -3.38. The van der Waals surface area contributed by atoms with Crippen molar-refractivity contribution in [3.63, 3.8) is 0 Å². The highest BCUT2D eigenvalue weighted by Gasteiger charge is 2.84. The molecule has 0 saturated heterocycles. The maximum atomic E-state index is 14.1. The predicted molar refractivity (Wildman–Crippen MR) is 69.3 cm³/mol. The molecular weight excluding hydrogens is 430 g/mol. The van der Waals surface area contributed by atoms with Gasteiger partial charge < -0.3 is 9.80 Å². The molecule has 4 nitrogen and oxygen atoms in total. The molecule has 0 bridgehead atoms. The summed E-state index contributed by atoms with van der Waals surface area (Å²) in [4.78, 5) is 7.49. The van der Waals surface area contributed by atoms with Crippen LogP contribution in [0.3, 0.4) is 0 Å². The number of amides is 1. The van der Waals surface area contributed by atoms with E-state index in [2.05, 4.69) is 0 Å². The highest BCUT2D eigenvalue weighted by Crippen LogP contribution is 2.53. The minimum atomic E-state index is -7.40. The van der Waals surface area contributed by atoms with Gasteiger partial charge in [-0.05, 0) is 0 Å². The Kier molecular flexibility index (Phi) is 7.36. The molecule has 0 aromatic carbocycles. The third-order valence-electron chi connectivity index (χ3n) is 3.20. The van der Waals surface area contributed by atoms with Gasteiger partial charge in [-0.15, -0.1) is 0 Å². The first kappa shape index (κ1) is 26.6. The zero-order valence-electron chi connectivity index (χ0n) is 14.5. The highest BCUT2D eigenvalue weighted by atomic mass is 19.4. The van der Waals surface area contributed by atoms with Gasteiger partial charge in [0.1, 0.15) is 0 Å². The van der Waals surface area contributed by atoms with E-state index in [4.69, 9.17) is 0 Å². The summed E-state index contributed by atoms with van der Waals surface area (Å²) in [6, 6.07) is -7.40. The first-order valence-electron chi connectivity index (χ1n) is 7.15. The molecule has 0 aromatic heterocycles. The van der Waals surface area contributed by atoms with Gasteiger partial charge in [0.05, 0.1) is 27.7 Å². The quantitative estimate of drug-likeness (QED) is 0.282. The standard InChI is InChI=1S/C12H15F12N3O/c1-27(2,3)6-4-5-25-7(28)8(13,9(14,15)16)10(17,18)26(11(19,20)21)12(22,23)24/h4-6H2,1-3H3/p+1. The Hall–Kier alpha value is -1.45. The number of nitrogens with zero attached hydrogens (tertiary/aromatic N) is 2. The number of carbonyl (C=O) groups excluding carboxylic acids is 1. The fraction of sp³-hybridized carbons (Fsp3) is 0.917. The van der Waals surface area contributed by atoms with Gasteiger partial charge in [0.2, 0.25) is 0 Å². The molecule has 1 unspecified atom stereocenters. The van der Waals surface area contributed by atoms with Crippen molar-refractivity contribution in [1.29, 1.82) is 0 Å². The normalized spacial score (nSPS) is 16.9. The molecule has 0 spiro atoms. The Morgan fingerprint density at radius 1 is 0.821 bits per heavy atom. The van der Waals surface area contributed by atoms with Gasteiger partial charge in [0, 0.05) is 13.0 Å². The van der Waals surface area contributed by atoms with Crippen LogP contribution in [0.5, 0.6) is 0 Å². The fourth-order valence-corrected chi connectivity index (χ4v) is 1.93. The van der Waals surface area contributed by atoms with E-state index < -0.39 is 47.8 Å². The van der Waals surface area contributed by atoms with E-state index in [9.17, 15) is 57.5 Å². The van der Waals surface area contributed by atoms with Crippen molar-refractivity contribution < 1.29 is 62.0 Å². The molecular formula is C12H16F12N3O+. The fourth-order valence-electron chi connectivity index (χ4n) is 1.93. The molecule has 0 aliphatic heterocycles. The monoisotopic (exact) mass is 446 g/mol. The number of nitrogens with one attached hydrogen (secondary N) is 1. The summed E-state index contributed by atoms with van der Waals surface area (Å²) < 4.78 is 154. The van der Waals surface area contributed by atoms with Crippen LogP contribution in [0.25, 0.3) is 0 Å². The van der Waals surface area contributed by atoms with Gasteiger partial charge in [0.25, 0.3) is 5.91 Å². The van der Waals surface area contributed by atoms with Crippen LogP contribution in [0.2, 0.25) is 0 Å². The summed E-state index contributed by atoms with van der Waals surface area (Å²) in [6.07, 6.45) is -21.7. The largest absolute Gasteiger partial charge is 0.472 e. The van der Waals surface area contributed by atoms with Crippen molar-refractivity contribution >= 4 is 5.91 Å². The zero-order valence-corrected chi connectivity index (χ0v) is 14.5. The van der Waals surface area contributed by atoms with Gasteiger partial charge in [-0.25, -0.2) is 4.39 Å². The second-order valence-electron chi connectivity index (χ2n) is 6.59. The number of halogens is 12. The molecule has 28 heavy (non-hydrogen) atoms. The topological polar surface area (TPSA) is 32.3 Å². The van der Waals surface area contributed by atoms with Crippen molar-refractivity contribution in [1.82, 2.24) is 10.2 Å². The molecule has 168 valence electrons. The lowest BCUT2D eigenvalue weighted by Gasteiger charge is -2.40. The number of rotatable bonds is 7. The third-order valence-corrected chi connectivity index (χ3v) is 3.20. The number of quaternary nitrogens is 1. The molecule has 16 heteroatoms. The summed E-state index contributed by atoms with van der Waals surface area (Å²) >= 11 is 0. The summed E-state index contributed by atoms with van der Waals surface area (Å²) in [6.45, 7) is -0.816. The van der Waals surface area contributed by atoms with Crippen LogP contribution in [0.4, 0.5) is 52.7 Å². The lowest BCUT2D eigenvalue weighted by atomic mass is 10.00. The van der Waals surface area contributed by atoms with Gasteiger partial charge >= 0.3 is 30.5 Å². The van der Waals surface area contributed by atoms with E-state index in [1.807, 2.05) is 0 Å². The van der Waals surface area contributed by atoms with Gasteiger partial charge in [-0.3, -0.25) is 4.79 Å². The third kappa shape index (κ3) is 5.78. The molecule has 0 radical (unpaired) electrons. The van der Waals surface area contributed by atoms with E-state index in [0.29, 0.717) is 0 Å². The van der Waals surface area contributed by atoms with Crippen LogP contribution < -0.4 is 5.32 Å². The molecule has 1 N–H and O–H groups in total. The zero-order chi connectivity index (χ0) is 23.0. The van der Waals surface area contributed by atoms with E-state index in [-0.39, 0.29) is 17.4 Å². The lowest BCUT2D eigenvalue weighted by molar-refractivity contribution is -0.870. The van der Waals surface area contributed by atoms with Crippen molar-refractivity contribution in [2.75, 3.05) is 34.2 Å². The van der Waals surface area contributed by atoms with Gasteiger partial charge in [-0.2, -0.15) is 48.3 Å². The molecule has 1 atom stereocenters. The first-order chi connectivity index (χ1) is 12.0.